The minimum Gasteiger partial charge on any atom is -0.305 e. The average Bonchev–Trinajstić information content (AvgIpc) is 2.84. The van der Waals surface area contributed by atoms with E-state index >= 15 is 0 Å². The summed E-state index contributed by atoms with van der Waals surface area (Å²) in [6.07, 6.45) is 1.93. The minimum atomic E-state index is 0.184. The molecule has 2 aromatic rings. The molecule has 0 bridgehead atoms. The van der Waals surface area contributed by atoms with E-state index in [4.69, 9.17) is 11.6 Å². The Morgan fingerprint density at radius 2 is 2.38 bits per heavy atom. The van der Waals surface area contributed by atoms with Crippen molar-refractivity contribution >= 4 is 34.3 Å². The summed E-state index contributed by atoms with van der Waals surface area (Å²) < 4.78 is 0. The number of aryl methyl sites for hydroxylation is 1. The average molecular weight is 273 g/mol. The SMILES string of the molecule is CCNC(c1cnc(C)s1)c1sccc1Cl. The first-order valence-corrected chi connectivity index (χ1v) is 7.18. The van der Waals surface area contributed by atoms with E-state index in [0.717, 1.165) is 16.6 Å². The molecular formula is C11H13ClN2S2. The standard InChI is InChI=1S/C11H13ClN2S2/c1-3-13-10(9-6-14-7(2)16-9)11-8(12)4-5-15-11/h4-6,10,13H,3H2,1-2H3. The summed E-state index contributed by atoms with van der Waals surface area (Å²) in [5.74, 6) is 0. The van der Waals surface area contributed by atoms with Crippen LogP contribution in [0.3, 0.4) is 0 Å². The fourth-order valence-corrected chi connectivity index (χ4v) is 3.75. The maximum Gasteiger partial charge on any atom is 0.0897 e. The number of thiophene rings is 1. The van der Waals surface area contributed by atoms with Crippen LogP contribution in [0.15, 0.2) is 17.6 Å². The molecule has 0 radical (unpaired) electrons. The Kier molecular flexibility index (Phi) is 3.97. The Hall–Kier alpha value is -0.420. The van der Waals surface area contributed by atoms with Crippen LogP contribution in [0, 0.1) is 6.92 Å². The van der Waals surface area contributed by atoms with Gasteiger partial charge in [-0.25, -0.2) is 4.98 Å². The first-order chi connectivity index (χ1) is 7.72. The lowest BCUT2D eigenvalue weighted by Crippen LogP contribution is -2.20. The summed E-state index contributed by atoms with van der Waals surface area (Å²) in [5, 5.41) is 7.40. The van der Waals surface area contributed by atoms with Crippen LogP contribution in [0.1, 0.15) is 27.7 Å². The maximum absolute atomic E-state index is 6.18. The molecule has 0 amide bonds. The van der Waals surface area contributed by atoms with E-state index in [2.05, 4.69) is 17.2 Å². The second kappa shape index (κ2) is 5.27. The van der Waals surface area contributed by atoms with Crippen LogP contribution < -0.4 is 5.32 Å². The van der Waals surface area contributed by atoms with E-state index in [1.165, 1.54) is 9.75 Å². The normalized spacial score (nSPS) is 12.9. The summed E-state index contributed by atoms with van der Waals surface area (Å²) in [7, 11) is 0. The molecule has 0 spiro atoms. The van der Waals surface area contributed by atoms with Gasteiger partial charge in [-0.3, -0.25) is 0 Å². The molecule has 0 saturated carbocycles. The third-order valence-electron chi connectivity index (χ3n) is 2.24. The summed E-state index contributed by atoms with van der Waals surface area (Å²) in [4.78, 5) is 6.70. The van der Waals surface area contributed by atoms with Gasteiger partial charge in [-0.1, -0.05) is 18.5 Å². The number of nitrogens with one attached hydrogen (secondary N) is 1. The Bertz CT molecular complexity index is 464. The number of hydrogen-bond acceptors (Lipinski definition) is 4. The largest absolute Gasteiger partial charge is 0.305 e. The van der Waals surface area contributed by atoms with Crippen molar-refractivity contribution in [2.24, 2.45) is 0 Å². The third-order valence-corrected chi connectivity index (χ3v) is 4.64. The monoisotopic (exact) mass is 272 g/mol. The zero-order valence-corrected chi connectivity index (χ0v) is 11.5. The van der Waals surface area contributed by atoms with E-state index in [1.807, 2.05) is 24.6 Å². The van der Waals surface area contributed by atoms with Crippen molar-refractivity contribution in [3.63, 3.8) is 0 Å². The first-order valence-electron chi connectivity index (χ1n) is 5.11. The van der Waals surface area contributed by atoms with Crippen LogP contribution in [0.2, 0.25) is 5.02 Å². The summed E-state index contributed by atoms with van der Waals surface area (Å²) in [5.41, 5.74) is 0. The molecule has 5 heteroatoms. The van der Waals surface area contributed by atoms with Crippen LogP contribution in [0.4, 0.5) is 0 Å². The van der Waals surface area contributed by atoms with Crippen molar-refractivity contribution in [3.8, 4) is 0 Å². The van der Waals surface area contributed by atoms with Gasteiger partial charge in [0.25, 0.3) is 0 Å². The molecule has 16 heavy (non-hydrogen) atoms. The van der Waals surface area contributed by atoms with Crippen LogP contribution >= 0.6 is 34.3 Å². The Morgan fingerprint density at radius 3 is 2.88 bits per heavy atom. The van der Waals surface area contributed by atoms with Crippen LogP contribution in [-0.2, 0) is 0 Å². The van der Waals surface area contributed by atoms with E-state index in [9.17, 15) is 0 Å². The van der Waals surface area contributed by atoms with Crippen molar-refractivity contribution in [1.82, 2.24) is 10.3 Å². The first kappa shape index (κ1) is 12.0. The van der Waals surface area contributed by atoms with E-state index in [0.29, 0.717) is 0 Å². The molecule has 0 aliphatic heterocycles. The summed E-state index contributed by atoms with van der Waals surface area (Å²) in [6, 6.07) is 2.13. The lowest BCUT2D eigenvalue weighted by molar-refractivity contribution is 0.648. The number of nitrogens with zero attached hydrogens (tertiary/aromatic N) is 1. The number of halogens is 1. The number of hydrogen-bond donors (Lipinski definition) is 1. The molecule has 0 saturated heterocycles. The van der Waals surface area contributed by atoms with Gasteiger partial charge in [0.1, 0.15) is 0 Å². The van der Waals surface area contributed by atoms with Gasteiger partial charge in [0, 0.05) is 16.0 Å². The van der Waals surface area contributed by atoms with Gasteiger partial charge in [0.2, 0.25) is 0 Å². The number of thiazole rings is 1. The summed E-state index contributed by atoms with van der Waals surface area (Å²) >= 11 is 9.58. The Labute approximate surface area is 108 Å². The predicted molar refractivity (Wildman–Crippen MR) is 71.7 cm³/mol. The Balaban J connectivity index is 2.34. The van der Waals surface area contributed by atoms with Crippen molar-refractivity contribution in [2.45, 2.75) is 19.9 Å². The number of rotatable bonds is 4. The molecule has 0 fully saturated rings. The van der Waals surface area contributed by atoms with Crippen LogP contribution in [0.25, 0.3) is 0 Å². The highest BCUT2D eigenvalue weighted by molar-refractivity contribution is 7.12. The molecule has 0 aliphatic carbocycles. The fourth-order valence-electron chi connectivity index (χ4n) is 1.55. The van der Waals surface area contributed by atoms with E-state index in [1.54, 1.807) is 22.7 Å². The lowest BCUT2D eigenvalue weighted by Gasteiger charge is -2.14. The van der Waals surface area contributed by atoms with Crippen molar-refractivity contribution in [3.05, 3.63) is 37.4 Å². The zero-order chi connectivity index (χ0) is 11.5. The van der Waals surface area contributed by atoms with Crippen LogP contribution in [-0.4, -0.2) is 11.5 Å². The molecule has 2 nitrogen and oxygen atoms in total. The van der Waals surface area contributed by atoms with Gasteiger partial charge < -0.3 is 5.32 Å². The molecule has 1 N–H and O–H groups in total. The van der Waals surface area contributed by atoms with Crippen molar-refractivity contribution in [1.29, 1.82) is 0 Å². The molecular weight excluding hydrogens is 260 g/mol. The highest BCUT2D eigenvalue weighted by atomic mass is 35.5. The molecule has 86 valence electrons. The molecule has 2 rings (SSSR count). The topological polar surface area (TPSA) is 24.9 Å². The molecule has 1 atom stereocenters. The highest BCUT2D eigenvalue weighted by Crippen LogP contribution is 2.34. The molecule has 2 heterocycles. The van der Waals surface area contributed by atoms with E-state index < -0.39 is 0 Å². The number of aromatic nitrogens is 1. The predicted octanol–water partition coefficient (Wildman–Crippen LogP) is 3.87. The third kappa shape index (κ3) is 2.46. The van der Waals surface area contributed by atoms with Gasteiger partial charge >= 0.3 is 0 Å². The van der Waals surface area contributed by atoms with Gasteiger partial charge in [-0.05, 0) is 24.9 Å². The second-order valence-electron chi connectivity index (χ2n) is 3.41. The van der Waals surface area contributed by atoms with Crippen LogP contribution in [0.5, 0.6) is 0 Å². The quantitative estimate of drug-likeness (QED) is 0.914. The van der Waals surface area contributed by atoms with Gasteiger partial charge in [0.05, 0.1) is 16.1 Å². The highest BCUT2D eigenvalue weighted by Gasteiger charge is 2.19. The van der Waals surface area contributed by atoms with Gasteiger partial charge in [0.15, 0.2) is 0 Å². The minimum absolute atomic E-state index is 0.184. The van der Waals surface area contributed by atoms with Crippen molar-refractivity contribution in [2.75, 3.05) is 6.54 Å². The van der Waals surface area contributed by atoms with Crippen molar-refractivity contribution < 1.29 is 0 Å². The zero-order valence-electron chi connectivity index (χ0n) is 9.16. The van der Waals surface area contributed by atoms with Gasteiger partial charge in [-0.15, -0.1) is 22.7 Å². The van der Waals surface area contributed by atoms with Gasteiger partial charge in [-0.2, -0.15) is 0 Å². The summed E-state index contributed by atoms with van der Waals surface area (Å²) in [6.45, 7) is 5.03. The molecule has 1 unspecified atom stereocenters. The molecule has 0 aromatic carbocycles. The maximum atomic E-state index is 6.18. The molecule has 2 aromatic heterocycles. The Morgan fingerprint density at radius 1 is 1.56 bits per heavy atom. The second-order valence-corrected chi connectivity index (χ2v) is 6.03. The smallest absolute Gasteiger partial charge is 0.0897 e. The van der Waals surface area contributed by atoms with E-state index in [-0.39, 0.29) is 6.04 Å². The fraction of sp³-hybridized carbons (Fsp3) is 0.364. The lowest BCUT2D eigenvalue weighted by atomic mass is 10.2. The molecule has 0 aliphatic rings.